The molecule has 1 atom stereocenters. The quantitative estimate of drug-likeness (QED) is 0.445. The average Bonchev–Trinajstić information content (AvgIpc) is 3.56. The summed E-state index contributed by atoms with van der Waals surface area (Å²) in [4.78, 5) is 26.9. The fourth-order valence-electron chi connectivity index (χ4n) is 4.51. The average molecular weight is 463 g/mol. The van der Waals surface area contributed by atoms with E-state index >= 15 is 0 Å². The van der Waals surface area contributed by atoms with Crippen molar-refractivity contribution in [3.05, 3.63) is 98.8 Å². The lowest BCUT2D eigenvalue weighted by Crippen LogP contribution is -2.34. The van der Waals surface area contributed by atoms with Crippen LogP contribution in [0.4, 0.5) is 8.78 Å². The molecule has 6 nitrogen and oxygen atoms in total. The third-order valence-electron chi connectivity index (χ3n) is 6.32. The maximum atomic E-state index is 14.8. The smallest absolute Gasteiger partial charge is 0.262 e. The Morgan fingerprint density at radius 3 is 2.62 bits per heavy atom. The molecular formula is C26H23F2N3O3. The number of nitrogens with zero attached hydrogens (tertiary/aromatic N) is 2. The molecule has 34 heavy (non-hydrogen) atoms. The van der Waals surface area contributed by atoms with Gasteiger partial charge in [-0.2, -0.15) is 0 Å². The SMILES string of the molecule is Cc1cc(Cn2c(C)c(C(=O)N[C@H](c3cccc(F)c3)C3CC3)c3cccc(F)c3c2=O)no1. The van der Waals surface area contributed by atoms with Crippen molar-refractivity contribution in [2.24, 2.45) is 5.92 Å². The molecule has 0 aliphatic heterocycles. The number of fused-ring (bicyclic) bond motifs is 1. The zero-order valence-electron chi connectivity index (χ0n) is 18.8. The normalized spacial score (nSPS) is 14.4. The first-order valence-corrected chi connectivity index (χ1v) is 11.1. The van der Waals surface area contributed by atoms with Crippen LogP contribution in [0.25, 0.3) is 10.8 Å². The first-order valence-electron chi connectivity index (χ1n) is 11.1. The Hall–Kier alpha value is -3.81. The van der Waals surface area contributed by atoms with Crippen molar-refractivity contribution in [1.82, 2.24) is 15.0 Å². The summed E-state index contributed by atoms with van der Waals surface area (Å²) in [6, 6.07) is 11.7. The maximum absolute atomic E-state index is 14.8. The van der Waals surface area contributed by atoms with Crippen molar-refractivity contribution in [2.75, 3.05) is 0 Å². The summed E-state index contributed by atoms with van der Waals surface area (Å²) in [6.07, 6.45) is 1.83. The molecule has 5 rings (SSSR count). The molecule has 1 aliphatic carbocycles. The third kappa shape index (κ3) is 4.00. The number of benzene rings is 2. The molecule has 8 heteroatoms. The summed E-state index contributed by atoms with van der Waals surface area (Å²) in [5.41, 5.74) is 1.20. The molecule has 1 amide bonds. The fourth-order valence-corrected chi connectivity index (χ4v) is 4.51. The maximum Gasteiger partial charge on any atom is 0.262 e. The molecule has 1 aliphatic rings. The minimum absolute atomic E-state index is 0.0303. The number of nitrogens with one attached hydrogen (secondary N) is 1. The van der Waals surface area contributed by atoms with Crippen molar-refractivity contribution in [2.45, 2.75) is 39.3 Å². The van der Waals surface area contributed by atoms with Gasteiger partial charge in [-0.15, -0.1) is 0 Å². The third-order valence-corrected chi connectivity index (χ3v) is 6.32. The van der Waals surface area contributed by atoms with Gasteiger partial charge in [0.15, 0.2) is 0 Å². The Morgan fingerprint density at radius 2 is 1.94 bits per heavy atom. The molecule has 174 valence electrons. The number of halogens is 2. The highest BCUT2D eigenvalue weighted by Crippen LogP contribution is 2.41. The van der Waals surface area contributed by atoms with Crippen LogP contribution in [0, 0.1) is 31.4 Å². The molecule has 0 spiro atoms. The van der Waals surface area contributed by atoms with E-state index in [1.807, 2.05) is 0 Å². The molecule has 1 saturated carbocycles. The van der Waals surface area contributed by atoms with Crippen LogP contribution in [-0.4, -0.2) is 15.6 Å². The summed E-state index contributed by atoms with van der Waals surface area (Å²) >= 11 is 0. The molecule has 0 bridgehead atoms. The largest absolute Gasteiger partial charge is 0.361 e. The van der Waals surface area contributed by atoms with Crippen molar-refractivity contribution >= 4 is 16.7 Å². The van der Waals surface area contributed by atoms with Crippen LogP contribution in [-0.2, 0) is 6.54 Å². The summed E-state index contributed by atoms with van der Waals surface area (Å²) in [5.74, 6) is -0.756. The summed E-state index contributed by atoms with van der Waals surface area (Å²) in [7, 11) is 0. The van der Waals surface area contributed by atoms with Gasteiger partial charge in [0, 0.05) is 17.1 Å². The lowest BCUT2D eigenvalue weighted by atomic mass is 9.99. The Balaban J connectivity index is 1.62. The number of rotatable bonds is 6. The number of carbonyl (C=O) groups excluding carboxylic acids is 1. The summed E-state index contributed by atoms with van der Waals surface area (Å²) in [5, 5.41) is 7.04. The number of aryl methyl sites for hydroxylation is 1. The number of aromatic nitrogens is 2. The van der Waals surface area contributed by atoms with Gasteiger partial charge in [0.1, 0.15) is 23.1 Å². The lowest BCUT2D eigenvalue weighted by Gasteiger charge is -2.22. The van der Waals surface area contributed by atoms with Gasteiger partial charge in [0.2, 0.25) is 0 Å². The molecule has 1 N–H and O–H groups in total. The van der Waals surface area contributed by atoms with Gasteiger partial charge in [-0.3, -0.25) is 9.59 Å². The van der Waals surface area contributed by atoms with Crippen molar-refractivity contribution in [1.29, 1.82) is 0 Å². The van der Waals surface area contributed by atoms with Crippen LogP contribution >= 0.6 is 0 Å². The van der Waals surface area contributed by atoms with Gasteiger partial charge >= 0.3 is 0 Å². The van der Waals surface area contributed by atoms with Crippen LogP contribution < -0.4 is 10.9 Å². The summed E-state index contributed by atoms with van der Waals surface area (Å²) < 4.78 is 35.2. The van der Waals surface area contributed by atoms with Gasteiger partial charge in [-0.25, -0.2) is 8.78 Å². The van der Waals surface area contributed by atoms with Crippen molar-refractivity contribution in [3.63, 3.8) is 0 Å². The molecule has 0 radical (unpaired) electrons. The van der Waals surface area contributed by atoms with E-state index < -0.39 is 17.3 Å². The second kappa shape index (κ2) is 8.52. The molecule has 2 aromatic heterocycles. The monoisotopic (exact) mass is 463 g/mol. The van der Waals surface area contributed by atoms with Crippen LogP contribution in [0.3, 0.4) is 0 Å². The molecular weight excluding hydrogens is 440 g/mol. The first-order chi connectivity index (χ1) is 16.3. The van der Waals surface area contributed by atoms with Gasteiger partial charge in [0.05, 0.1) is 23.5 Å². The van der Waals surface area contributed by atoms with Gasteiger partial charge in [-0.1, -0.05) is 29.4 Å². The van der Waals surface area contributed by atoms with Crippen LogP contribution in [0.2, 0.25) is 0 Å². The van der Waals surface area contributed by atoms with Gasteiger partial charge in [-0.05, 0) is 56.4 Å². The molecule has 4 aromatic rings. The minimum Gasteiger partial charge on any atom is -0.361 e. The van der Waals surface area contributed by atoms with E-state index in [0.717, 1.165) is 12.8 Å². The topological polar surface area (TPSA) is 77.1 Å². The molecule has 2 heterocycles. The molecule has 0 saturated heterocycles. The van der Waals surface area contributed by atoms with E-state index in [9.17, 15) is 18.4 Å². The van der Waals surface area contributed by atoms with Gasteiger partial charge < -0.3 is 14.4 Å². The standard InChI is InChI=1S/C26H23F2N3O3/c1-14-11-19(30-34-14)13-31-15(2)22(20-7-4-8-21(28)23(20)26(31)33)25(32)29-24(16-9-10-16)17-5-3-6-18(27)12-17/h3-8,11-12,16,24H,9-10,13H2,1-2H3,(H,29,32)/t24-/m0/s1. The number of hydrogen-bond acceptors (Lipinski definition) is 4. The van der Waals surface area contributed by atoms with E-state index in [-0.39, 0.29) is 40.7 Å². The predicted octanol–water partition coefficient (Wildman–Crippen LogP) is 4.81. The van der Waals surface area contributed by atoms with Gasteiger partial charge in [0.25, 0.3) is 11.5 Å². The Bertz CT molecular complexity index is 1470. The highest BCUT2D eigenvalue weighted by Gasteiger charge is 2.34. The Kier molecular flexibility index (Phi) is 5.51. The van der Waals surface area contributed by atoms with E-state index in [1.165, 1.54) is 28.8 Å². The van der Waals surface area contributed by atoms with Crippen molar-refractivity contribution < 1.29 is 18.1 Å². The van der Waals surface area contributed by atoms with Crippen molar-refractivity contribution in [3.8, 4) is 0 Å². The number of amides is 1. The minimum atomic E-state index is -0.703. The summed E-state index contributed by atoms with van der Waals surface area (Å²) in [6.45, 7) is 3.42. The first kappa shape index (κ1) is 22.0. The number of hydrogen-bond donors (Lipinski definition) is 1. The van der Waals surface area contributed by atoms with E-state index in [1.54, 1.807) is 38.1 Å². The highest BCUT2D eigenvalue weighted by molar-refractivity contribution is 6.08. The lowest BCUT2D eigenvalue weighted by molar-refractivity contribution is 0.0931. The molecule has 2 aromatic carbocycles. The van der Waals surface area contributed by atoms with Crippen LogP contribution in [0.5, 0.6) is 0 Å². The van der Waals surface area contributed by atoms with E-state index in [0.29, 0.717) is 22.7 Å². The number of carbonyl (C=O) groups is 1. The molecule has 1 fully saturated rings. The zero-order valence-corrected chi connectivity index (χ0v) is 18.8. The predicted molar refractivity (Wildman–Crippen MR) is 123 cm³/mol. The fraction of sp³-hybridized carbons (Fsp3) is 0.269. The van der Waals surface area contributed by atoms with E-state index in [2.05, 4.69) is 10.5 Å². The second-order valence-corrected chi connectivity index (χ2v) is 8.79. The Labute approximate surface area is 194 Å². The Morgan fingerprint density at radius 1 is 1.18 bits per heavy atom. The number of pyridine rings is 1. The molecule has 0 unspecified atom stereocenters. The van der Waals surface area contributed by atoms with Crippen LogP contribution in [0.1, 0.15) is 52.0 Å². The van der Waals surface area contributed by atoms with E-state index in [4.69, 9.17) is 4.52 Å². The second-order valence-electron chi connectivity index (χ2n) is 8.79. The zero-order chi connectivity index (χ0) is 24.0. The van der Waals surface area contributed by atoms with Crippen LogP contribution in [0.15, 0.2) is 57.8 Å². The highest BCUT2D eigenvalue weighted by atomic mass is 19.1.